The number of alkyl halides is 3. The van der Waals surface area contributed by atoms with E-state index in [4.69, 9.17) is 0 Å². The zero-order valence-corrected chi connectivity index (χ0v) is 22.6. The molecule has 2 fully saturated rings. The molecule has 3 aromatic rings. The number of esters is 1. The molecule has 0 unspecified atom stereocenters. The van der Waals surface area contributed by atoms with Crippen molar-refractivity contribution in [3.05, 3.63) is 66.4 Å². The monoisotopic (exact) mass is 570 g/mol. The van der Waals surface area contributed by atoms with Gasteiger partial charge in [0.1, 0.15) is 6.54 Å². The van der Waals surface area contributed by atoms with Gasteiger partial charge in [-0.2, -0.15) is 13.2 Å². The first-order chi connectivity index (χ1) is 19.7. The fraction of sp³-hybridized carbons (Fsp3) is 0.433. The topological polar surface area (TPSA) is 86.0 Å². The fourth-order valence-corrected chi connectivity index (χ4v) is 5.68. The average molecular weight is 571 g/mol. The second kappa shape index (κ2) is 12.3. The van der Waals surface area contributed by atoms with E-state index in [2.05, 4.69) is 14.6 Å². The van der Waals surface area contributed by atoms with Crippen molar-refractivity contribution in [3.8, 4) is 0 Å². The van der Waals surface area contributed by atoms with E-state index in [0.717, 1.165) is 36.8 Å². The molecular weight excluding hydrogens is 537 g/mol. The second-order valence-corrected chi connectivity index (χ2v) is 10.8. The van der Waals surface area contributed by atoms with Crippen molar-refractivity contribution >= 4 is 34.4 Å². The number of ether oxygens (including phenoxy) is 1. The fourth-order valence-electron chi connectivity index (χ4n) is 5.68. The highest BCUT2D eigenvalue weighted by Gasteiger charge is 2.41. The number of para-hydroxylation sites is 1. The van der Waals surface area contributed by atoms with E-state index >= 15 is 0 Å². The van der Waals surface area contributed by atoms with Crippen molar-refractivity contribution in [3.63, 3.8) is 0 Å². The van der Waals surface area contributed by atoms with Gasteiger partial charge in [0.25, 0.3) is 5.91 Å². The molecule has 41 heavy (non-hydrogen) atoms. The number of nitrogens with zero attached hydrogens (tertiary/aromatic N) is 3. The van der Waals surface area contributed by atoms with Crippen LogP contribution in [0.25, 0.3) is 10.9 Å². The Bertz CT molecular complexity index is 1370. The molecule has 2 aliphatic heterocycles. The maximum absolute atomic E-state index is 13.6. The minimum absolute atomic E-state index is 0.0687. The van der Waals surface area contributed by atoms with Crippen LogP contribution in [0.4, 0.5) is 18.9 Å². The standard InChI is InChI=1S/C30H33F3N4O4/c31-30(32,33)29(40)41-20-22-9-13-35(18-22)17-21-10-14-36(15-11-21)27(38)19-37(25-4-2-1-3-5-25)28(39)24-7-6-23-8-12-34-26(23)16-24/h1-8,12,16,21-22,34H,9-11,13-15,17-20H2/t22-/m0/s1. The summed E-state index contributed by atoms with van der Waals surface area (Å²) in [6.45, 7) is 2.99. The summed E-state index contributed by atoms with van der Waals surface area (Å²) < 4.78 is 41.6. The normalized spacial score (nSPS) is 18.5. The van der Waals surface area contributed by atoms with Gasteiger partial charge in [-0.15, -0.1) is 0 Å². The number of hydrogen-bond donors (Lipinski definition) is 1. The smallest absolute Gasteiger partial charge is 0.459 e. The Morgan fingerprint density at radius 2 is 1.68 bits per heavy atom. The number of halogens is 3. The largest absolute Gasteiger partial charge is 0.490 e. The van der Waals surface area contributed by atoms with Gasteiger partial charge in [0, 0.05) is 55.1 Å². The summed E-state index contributed by atoms with van der Waals surface area (Å²) >= 11 is 0. The lowest BCUT2D eigenvalue weighted by atomic mass is 9.96. The molecule has 1 N–H and O–H groups in total. The number of hydrogen-bond acceptors (Lipinski definition) is 5. The maximum Gasteiger partial charge on any atom is 0.490 e. The molecule has 1 atom stereocenters. The number of carbonyl (C=O) groups is 3. The summed E-state index contributed by atoms with van der Waals surface area (Å²) in [5, 5.41) is 1.00. The van der Waals surface area contributed by atoms with Crippen LogP contribution in [0.5, 0.6) is 0 Å². The van der Waals surface area contributed by atoms with E-state index in [-0.39, 0.29) is 30.9 Å². The van der Waals surface area contributed by atoms with Gasteiger partial charge in [-0.1, -0.05) is 24.3 Å². The molecule has 2 amide bonds. The first kappa shape index (κ1) is 28.7. The third-order valence-corrected chi connectivity index (χ3v) is 7.94. The van der Waals surface area contributed by atoms with Crippen LogP contribution >= 0.6 is 0 Å². The molecule has 1 aromatic heterocycles. The number of rotatable bonds is 8. The molecule has 11 heteroatoms. The van der Waals surface area contributed by atoms with Crippen LogP contribution in [-0.4, -0.2) is 84.6 Å². The van der Waals surface area contributed by atoms with Crippen LogP contribution in [-0.2, 0) is 14.3 Å². The summed E-state index contributed by atoms with van der Waals surface area (Å²) in [4.78, 5) is 46.6. The Morgan fingerprint density at radius 3 is 2.41 bits per heavy atom. The number of carbonyl (C=O) groups excluding carboxylic acids is 3. The molecule has 5 rings (SSSR count). The zero-order valence-electron chi connectivity index (χ0n) is 22.6. The summed E-state index contributed by atoms with van der Waals surface area (Å²) in [5.74, 6) is -2.26. The second-order valence-electron chi connectivity index (χ2n) is 10.8. The molecule has 2 saturated heterocycles. The number of aromatic nitrogens is 1. The van der Waals surface area contributed by atoms with Crippen LogP contribution in [0.1, 0.15) is 29.6 Å². The minimum atomic E-state index is -4.97. The highest BCUT2D eigenvalue weighted by atomic mass is 19.4. The number of piperidine rings is 1. The average Bonchev–Trinajstić information content (AvgIpc) is 3.63. The van der Waals surface area contributed by atoms with Crippen molar-refractivity contribution in [1.82, 2.24) is 14.8 Å². The highest BCUT2D eigenvalue weighted by molar-refractivity contribution is 6.10. The summed E-state index contributed by atoms with van der Waals surface area (Å²) in [7, 11) is 0. The van der Waals surface area contributed by atoms with Gasteiger partial charge in [0.15, 0.2) is 0 Å². The Hall–Kier alpha value is -3.86. The van der Waals surface area contributed by atoms with Crippen LogP contribution in [0, 0.1) is 11.8 Å². The number of likely N-dealkylation sites (tertiary alicyclic amines) is 2. The van der Waals surface area contributed by atoms with E-state index in [9.17, 15) is 27.6 Å². The maximum atomic E-state index is 13.6. The number of anilines is 1. The molecular formula is C30H33F3N4O4. The van der Waals surface area contributed by atoms with Crippen molar-refractivity contribution in [2.24, 2.45) is 11.8 Å². The molecule has 2 aromatic carbocycles. The van der Waals surface area contributed by atoms with Crippen molar-refractivity contribution < 1.29 is 32.3 Å². The van der Waals surface area contributed by atoms with E-state index in [1.54, 1.807) is 17.0 Å². The summed E-state index contributed by atoms with van der Waals surface area (Å²) in [6, 6.07) is 16.6. The molecule has 0 aliphatic carbocycles. The first-order valence-corrected chi connectivity index (χ1v) is 13.9. The van der Waals surface area contributed by atoms with Crippen LogP contribution in [0.3, 0.4) is 0 Å². The Morgan fingerprint density at radius 1 is 0.951 bits per heavy atom. The van der Waals surface area contributed by atoms with E-state index in [1.165, 1.54) is 4.90 Å². The highest BCUT2D eigenvalue weighted by Crippen LogP contribution is 2.25. The number of fused-ring (bicyclic) bond motifs is 1. The van der Waals surface area contributed by atoms with Gasteiger partial charge in [0.05, 0.1) is 6.61 Å². The third kappa shape index (κ3) is 7.08. The number of nitrogens with one attached hydrogen (secondary N) is 1. The molecule has 0 radical (unpaired) electrons. The molecule has 218 valence electrons. The molecule has 3 heterocycles. The summed E-state index contributed by atoms with van der Waals surface area (Å²) in [5.41, 5.74) is 1.99. The Balaban J connectivity index is 1.13. The lowest BCUT2D eigenvalue weighted by molar-refractivity contribution is -0.200. The van der Waals surface area contributed by atoms with Crippen molar-refractivity contribution in [2.75, 3.05) is 50.8 Å². The molecule has 2 aliphatic rings. The van der Waals surface area contributed by atoms with Gasteiger partial charge in [0.2, 0.25) is 5.91 Å². The van der Waals surface area contributed by atoms with Gasteiger partial charge in [-0.3, -0.25) is 14.5 Å². The SMILES string of the molecule is O=C(CN(C(=O)c1ccc2cc[nH]c2c1)c1ccccc1)N1CCC(CN2CC[C@H](COC(=O)C(F)(F)F)C2)CC1. The number of amides is 2. The summed E-state index contributed by atoms with van der Waals surface area (Å²) in [6.07, 6.45) is -0.857. The Labute approximate surface area is 236 Å². The van der Waals surface area contributed by atoms with E-state index in [1.807, 2.05) is 48.7 Å². The third-order valence-electron chi connectivity index (χ3n) is 7.94. The lowest BCUT2D eigenvalue weighted by Crippen LogP contribution is -2.47. The van der Waals surface area contributed by atoms with Crippen LogP contribution in [0.15, 0.2) is 60.8 Å². The zero-order chi connectivity index (χ0) is 29.0. The molecule has 0 saturated carbocycles. The van der Waals surface area contributed by atoms with Gasteiger partial charge in [-0.25, -0.2) is 4.79 Å². The quantitative estimate of drug-likeness (QED) is 0.404. The number of H-pyrrole nitrogens is 1. The predicted octanol–water partition coefficient (Wildman–Crippen LogP) is 4.48. The van der Waals surface area contributed by atoms with Gasteiger partial charge in [-0.05, 0) is 67.4 Å². The van der Waals surface area contributed by atoms with Gasteiger partial charge < -0.3 is 19.5 Å². The van der Waals surface area contributed by atoms with E-state index < -0.39 is 12.1 Å². The van der Waals surface area contributed by atoms with Crippen LogP contribution < -0.4 is 4.90 Å². The molecule has 8 nitrogen and oxygen atoms in total. The van der Waals surface area contributed by atoms with Gasteiger partial charge >= 0.3 is 12.1 Å². The van der Waals surface area contributed by atoms with Crippen molar-refractivity contribution in [1.29, 1.82) is 0 Å². The van der Waals surface area contributed by atoms with E-state index in [0.29, 0.717) is 43.2 Å². The Kier molecular flexibility index (Phi) is 8.63. The first-order valence-electron chi connectivity index (χ1n) is 13.9. The molecule has 0 spiro atoms. The molecule has 0 bridgehead atoms. The number of benzene rings is 2. The lowest BCUT2D eigenvalue weighted by Gasteiger charge is -2.35. The minimum Gasteiger partial charge on any atom is -0.459 e. The predicted molar refractivity (Wildman–Crippen MR) is 147 cm³/mol. The van der Waals surface area contributed by atoms with Crippen molar-refractivity contribution in [2.45, 2.75) is 25.4 Å². The number of aromatic amines is 1. The van der Waals surface area contributed by atoms with Crippen LogP contribution in [0.2, 0.25) is 0 Å².